The number of nitrogens with one attached hydrogen (secondary N) is 3. The first-order chi connectivity index (χ1) is 18.3. The van der Waals surface area contributed by atoms with Gasteiger partial charge in [-0.05, 0) is 64.7 Å². The number of benzene rings is 3. The van der Waals surface area contributed by atoms with Crippen LogP contribution in [-0.4, -0.2) is 23.2 Å². The predicted octanol–water partition coefficient (Wildman–Crippen LogP) is 5.85. The monoisotopic (exact) mass is 516 g/mol. The van der Waals surface area contributed by atoms with Crippen molar-refractivity contribution in [2.45, 2.75) is 18.8 Å². The second kappa shape index (κ2) is 10.5. The Morgan fingerprint density at radius 1 is 0.947 bits per heavy atom. The number of anilines is 2. The number of amides is 1. The zero-order chi connectivity index (χ0) is 26.7. The van der Waals surface area contributed by atoms with Crippen LogP contribution in [0.3, 0.4) is 0 Å². The topological polar surface area (TPSA) is 83.1 Å². The Kier molecular flexibility index (Phi) is 6.93. The molecule has 1 unspecified atom stereocenters. The number of fused-ring (bicyclic) bond motifs is 1. The minimum Gasteiger partial charge on any atom is -0.363 e. The quantitative estimate of drug-likeness (QED) is 0.287. The van der Waals surface area contributed by atoms with E-state index in [1.165, 1.54) is 12.1 Å². The third kappa shape index (κ3) is 5.42. The van der Waals surface area contributed by atoms with E-state index in [0.29, 0.717) is 34.7 Å². The van der Waals surface area contributed by atoms with Gasteiger partial charge in [-0.3, -0.25) is 14.9 Å². The van der Waals surface area contributed by atoms with E-state index in [4.69, 9.17) is 0 Å². The van der Waals surface area contributed by atoms with E-state index in [2.05, 4.69) is 20.9 Å². The van der Waals surface area contributed by atoms with Gasteiger partial charge in [-0.2, -0.15) is 13.2 Å². The minimum absolute atomic E-state index is 0.0309. The maximum atomic E-state index is 13.2. The first-order valence-electron chi connectivity index (χ1n) is 11.9. The maximum Gasteiger partial charge on any atom is 0.416 e. The van der Waals surface area contributed by atoms with E-state index in [9.17, 15) is 22.8 Å². The molecule has 2 heterocycles. The van der Waals surface area contributed by atoms with Gasteiger partial charge in [-0.1, -0.05) is 42.5 Å². The third-order valence-corrected chi connectivity index (χ3v) is 6.33. The van der Waals surface area contributed by atoms with Crippen LogP contribution in [0.1, 0.15) is 33.1 Å². The molecule has 0 spiro atoms. The van der Waals surface area contributed by atoms with Gasteiger partial charge < -0.3 is 10.6 Å². The SMILES string of the molecule is O=C(Nc1ccc2c(c1)CNC2C(=O)CNc1ccccn1)c1ccccc1-c1ccc(C(F)(F)F)cc1. The van der Waals surface area contributed by atoms with Crippen molar-refractivity contribution in [1.29, 1.82) is 0 Å². The summed E-state index contributed by atoms with van der Waals surface area (Å²) in [4.78, 5) is 30.1. The van der Waals surface area contributed by atoms with Crippen molar-refractivity contribution in [2.75, 3.05) is 17.2 Å². The summed E-state index contributed by atoms with van der Waals surface area (Å²) in [6, 6.07) is 21.8. The van der Waals surface area contributed by atoms with Crippen molar-refractivity contribution in [2.24, 2.45) is 0 Å². The number of nitrogens with zero attached hydrogens (tertiary/aromatic N) is 1. The Bertz CT molecular complexity index is 1470. The molecule has 1 atom stereocenters. The average molecular weight is 517 g/mol. The molecule has 1 aliphatic rings. The molecule has 0 fully saturated rings. The first-order valence-corrected chi connectivity index (χ1v) is 11.9. The number of hydrogen-bond donors (Lipinski definition) is 3. The number of rotatable bonds is 7. The van der Waals surface area contributed by atoms with Crippen LogP contribution < -0.4 is 16.0 Å². The number of alkyl halides is 3. The standard InChI is InChI=1S/C29H23F3N4O2/c30-29(31,32)20-10-8-18(9-11-20)22-5-1-2-6-24(22)28(38)36-21-12-13-23-19(15-21)16-35-27(23)25(37)17-34-26-7-3-4-14-33-26/h1-15,27,35H,16-17H2,(H,33,34)(H,36,38). The lowest BCUT2D eigenvalue weighted by molar-refractivity contribution is -0.137. The molecule has 0 bridgehead atoms. The molecule has 6 nitrogen and oxygen atoms in total. The predicted molar refractivity (Wildman–Crippen MR) is 139 cm³/mol. The van der Waals surface area contributed by atoms with Gasteiger partial charge in [0.1, 0.15) is 5.82 Å². The highest BCUT2D eigenvalue weighted by Crippen LogP contribution is 2.33. The molecule has 0 aliphatic carbocycles. The van der Waals surface area contributed by atoms with Gasteiger partial charge in [-0.25, -0.2) is 4.98 Å². The van der Waals surface area contributed by atoms with Crippen molar-refractivity contribution < 1.29 is 22.8 Å². The summed E-state index contributed by atoms with van der Waals surface area (Å²) in [5.41, 5.74) is 2.91. The lowest BCUT2D eigenvalue weighted by Crippen LogP contribution is -2.27. The molecule has 9 heteroatoms. The van der Waals surface area contributed by atoms with E-state index < -0.39 is 23.7 Å². The lowest BCUT2D eigenvalue weighted by Gasteiger charge is -2.14. The summed E-state index contributed by atoms with van der Waals surface area (Å²) >= 11 is 0. The van der Waals surface area contributed by atoms with Crippen molar-refractivity contribution >= 4 is 23.2 Å². The van der Waals surface area contributed by atoms with E-state index in [1.807, 2.05) is 18.2 Å². The molecule has 3 N–H and O–H groups in total. The Morgan fingerprint density at radius 2 is 1.71 bits per heavy atom. The normalized spacial score (nSPS) is 14.6. The van der Waals surface area contributed by atoms with Gasteiger partial charge in [0.25, 0.3) is 5.91 Å². The number of ketones is 1. The van der Waals surface area contributed by atoms with E-state index in [0.717, 1.165) is 23.3 Å². The zero-order valence-corrected chi connectivity index (χ0v) is 20.0. The van der Waals surface area contributed by atoms with Crippen molar-refractivity contribution in [3.63, 3.8) is 0 Å². The van der Waals surface area contributed by atoms with Crippen molar-refractivity contribution in [1.82, 2.24) is 10.3 Å². The fourth-order valence-electron chi connectivity index (χ4n) is 4.44. The first kappa shape index (κ1) is 25.2. The fourth-order valence-corrected chi connectivity index (χ4v) is 4.44. The highest BCUT2D eigenvalue weighted by atomic mass is 19.4. The number of carbonyl (C=O) groups is 2. The minimum atomic E-state index is -4.43. The maximum absolute atomic E-state index is 13.2. The van der Waals surface area contributed by atoms with Crippen LogP contribution in [0.5, 0.6) is 0 Å². The summed E-state index contributed by atoms with van der Waals surface area (Å²) in [6.07, 6.45) is -2.79. The third-order valence-electron chi connectivity index (χ3n) is 6.33. The smallest absolute Gasteiger partial charge is 0.363 e. The van der Waals surface area contributed by atoms with Crippen LogP contribution in [0.2, 0.25) is 0 Å². The number of aromatic nitrogens is 1. The van der Waals surface area contributed by atoms with E-state index in [-0.39, 0.29) is 12.3 Å². The molecule has 5 rings (SSSR count). The Balaban J connectivity index is 1.29. The van der Waals surface area contributed by atoms with Crippen molar-refractivity contribution in [3.8, 4) is 11.1 Å². The second-order valence-electron chi connectivity index (χ2n) is 8.84. The number of Topliss-reactive ketones (excluding diaryl/α,β-unsaturated/α-hetero) is 1. The van der Waals surface area contributed by atoms with Crippen LogP contribution in [0.15, 0.2) is 91.1 Å². The van der Waals surface area contributed by atoms with Gasteiger partial charge >= 0.3 is 6.18 Å². The molecule has 0 saturated heterocycles. The van der Waals surface area contributed by atoms with Gasteiger partial charge in [-0.15, -0.1) is 0 Å². The summed E-state index contributed by atoms with van der Waals surface area (Å²) in [5, 5.41) is 9.11. The summed E-state index contributed by atoms with van der Waals surface area (Å²) in [7, 11) is 0. The van der Waals surface area contributed by atoms with Gasteiger partial charge in [0.05, 0.1) is 18.2 Å². The fraction of sp³-hybridized carbons (Fsp3) is 0.138. The van der Waals surface area contributed by atoms with Crippen LogP contribution in [0, 0.1) is 0 Å². The Labute approximate surface area is 216 Å². The zero-order valence-electron chi connectivity index (χ0n) is 20.0. The van der Waals surface area contributed by atoms with E-state index in [1.54, 1.807) is 48.7 Å². The summed E-state index contributed by atoms with van der Waals surface area (Å²) in [6.45, 7) is 0.592. The summed E-state index contributed by atoms with van der Waals surface area (Å²) < 4.78 is 38.9. The lowest BCUT2D eigenvalue weighted by atomic mass is 9.97. The number of hydrogen-bond acceptors (Lipinski definition) is 5. The van der Waals surface area contributed by atoms with E-state index >= 15 is 0 Å². The van der Waals surface area contributed by atoms with Crippen LogP contribution in [-0.2, 0) is 17.5 Å². The number of pyridine rings is 1. The van der Waals surface area contributed by atoms with Crippen LogP contribution in [0.4, 0.5) is 24.7 Å². The molecule has 0 radical (unpaired) electrons. The Morgan fingerprint density at radius 3 is 2.45 bits per heavy atom. The second-order valence-corrected chi connectivity index (χ2v) is 8.84. The highest BCUT2D eigenvalue weighted by molar-refractivity contribution is 6.08. The van der Waals surface area contributed by atoms with Crippen molar-refractivity contribution in [3.05, 3.63) is 113 Å². The highest BCUT2D eigenvalue weighted by Gasteiger charge is 2.30. The molecule has 4 aromatic rings. The van der Waals surface area contributed by atoms with Gasteiger partial charge in [0.2, 0.25) is 0 Å². The number of carbonyl (C=O) groups excluding carboxylic acids is 2. The molecule has 1 amide bonds. The molecule has 38 heavy (non-hydrogen) atoms. The van der Waals surface area contributed by atoms with Gasteiger partial charge in [0, 0.05) is 24.0 Å². The molecule has 3 aromatic carbocycles. The largest absolute Gasteiger partial charge is 0.416 e. The summed E-state index contributed by atoms with van der Waals surface area (Å²) in [5.74, 6) is 0.198. The van der Waals surface area contributed by atoms with Crippen LogP contribution >= 0.6 is 0 Å². The Hall–Kier alpha value is -4.50. The number of halogens is 3. The molecular formula is C29H23F3N4O2. The molecule has 192 valence electrons. The molecule has 1 aliphatic heterocycles. The molecule has 1 aromatic heterocycles. The molecule has 0 saturated carbocycles. The molecular weight excluding hydrogens is 493 g/mol. The van der Waals surface area contributed by atoms with Gasteiger partial charge in [0.15, 0.2) is 5.78 Å². The average Bonchev–Trinajstić information content (AvgIpc) is 3.35. The van der Waals surface area contributed by atoms with Crippen LogP contribution in [0.25, 0.3) is 11.1 Å².